The van der Waals surface area contributed by atoms with Gasteiger partial charge in [0.15, 0.2) is 0 Å². The topological polar surface area (TPSA) is 58.1 Å². The van der Waals surface area contributed by atoms with E-state index < -0.39 is 0 Å². The SMILES string of the molecule is Cc1cc(C(=O)N(C)Cc2ccccc2)nc(NCCc2ccccc2F)n1. The fraction of sp³-hybridized carbons (Fsp3) is 0.227. The molecule has 1 aromatic heterocycles. The minimum atomic E-state index is -0.229. The van der Waals surface area contributed by atoms with Gasteiger partial charge in [0.2, 0.25) is 5.95 Å². The molecule has 0 saturated carbocycles. The Bertz CT molecular complexity index is 946. The minimum absolute atomic E-state index is 0.175. The molecule has 6 heteroatoms. The van der Waals surface area contributed by atoms with Gasteiger partial charge >= 0.3 is 0 Å². The zero-order valence-electron chi connectivity index (χ0n) is 16.0. The first-order valence-corrected chi connectivity index (χ1v) is 9.15. The van der Waals surface area contributed by atoms with E-state index in [1.54, 1.807) is 36.2 Å². The number of halogens is 1. The number of hydrogen-bond acceptors (Lipinski definition) is 4. The molecular weight excluding hydrogens is 355 g/mol. The van der Waals surface area contributed by atoms with Gasteiger partial charge in [-0.25, -0.2) is 14.4 Å². The molecule has 0 aliphatic heterocycles. The van der Waals surface area contributed by atoms with Gasteiger partial charge in [-0.05, 0) is 36.6 Å². The highest BCUT2D eigenvalue weighted by Gasteiger charge is 2.15. The van der Waals surface area contributed by atoms with Crippen LogP contribution in [0.25, 0.3) is 0 Å². The van der Waals surface area contributed by atoms with Crippen molar-refractivity contribution in [3.05, 3.63) is 89.0 Å². The maximum Gasteiger partial charge on any atom is 0.272 e. The molecule has 0 bridgehead atoms. The number of rotatable bonds is 7. The zero-order chi connectivity index (χ0) is 19.9. The molecule has 1 heterocycles. The molecule has 0 aliphatic carbocycles. The quantitative estimate of drug-likeness (QED) is 0.678. The second-order valence-corrected chi connectivity index (χ2v) is 6.63. The van der Waals surface area contributed by atoms with Gasteiger partial charge in [-0.15, -0.1) is 0 Å². The first-order valence-electron chi connectivity index (χ1n) is 9.15. The van der Waals surface area contributed by atoms with Gasteiger partial charge in [-0.2, -0.15) is 0 Å². The van der Waals surface area contributed by atoms with Crippen LogP contribution in [0, 0.1) is 12.7 Å². The van der Waals surface area contributed by atoms with E-state index in [0.717, 1.165) is 5.56 Å². The standard InChI is InChI=1S/C22H23FN4O/c1-16-14-20(21(28)27(2)15-17-8-4-3-5-9-17)26-22(25-16)24-13-12-18-10-6-7-11-19(18)23/h3-11,14H,12-13,15H2,1-2H3,(H,24,25,26). The lowest BCUT2D eigenvalue weighted by atomic mass is 10.1. The minimum Gasteiger partial charge on any atom is -0.354 e. The molecule has 3 aromatic rings. The smallest absolute Gasteiger partial charge is 0.272 e. The van der Waals surface area contributed by atoms with Gasteiger partial charge in [0, 0.05) is 25.8 Å². The van der Waals surface area contributed by atoms with Gasteiger partial charge in [-0.3, -0.25) is 4.79 Å². The van der Waals surface area contributed by atoms with Crippen molar-refractivity contribution in [2.24, 2.45) is 0 Å². The molecule has 1 N–H and O–H groups in total. The van der Waals surface area contributed by atoms with Gasteiger partial charge in [0.05, 0.1) is 0 Å². The van der Waals surface area contributed by atoms with Crippen LogP contribution in [0.3, 0.4) is 0 Å². The Morgan fingerprint density at radius 1 is 1.07 bits per heavy atom. The fourth-order valence-electron chi connectivity index (χ4n) is 2.89. The summed E-state index contributed by atoms with van der Waals surface area (Å²) in [4.78, 5) is 23.0. The van der Waals surface area contributed by atoms with Crippen molar-refractivity contribution in [3.63, 3.8) is 0 Å². The molecule has 1 amide bonds. The first-order chi connectivity index (χ1) is 13.5. The number of hydrogen-bond donors (Lipinski definition) is 1. The summed E-state index contributed by atoms with van der Waals surface area (Å²) in [5.74, 6) is -0.0350. The highest BCUT2D eigenvalue weighted by Crippen LogP contribution is 2.11. The number of carbonyl (C=O) groups excluding carboxylic acids is 1. The first kappa shape index (κ1) is 19.5. The maximum absolute atomic E-state index is 13.7. The van der Waals surface area contributed by atoms with Gasteiger partial charge in [0.25, 0.3) is 5.91 Å². The van der Waals surface area contributed by atoms with Crippen LogP contribution in [0.2, 0.25) is 0 Å². The predicted octanol–water partition coefficient (Wildman–Crippen LogP) is 3.85. The molecule has 28 heavy (non-hydrogen) atoms. The monoisotopic (exact) mass is 378 g/mol. The van der Waals surface area contributed by atoms with E-state index in [0.29, 0.717) is 42.4 Å². The number of benzene rings is 2. The maximum atomic E-state index is 13.7. The van der Waals surface area contributed by atoms with Crippen molar-refractivity contribution in [1.29, 1.82) is 0 Å². The van der Waals surface area contributed by atoms with E-state index in [-0.39, 0.29) is 11.7 Å². The third-order valence-electron chi connectivity index (χ3n) is 4.32. The number of aromatic nitrogens is 2. The van der Waals surface area contributed by atoms with Crippen LogP contribution in [0.15, 0.2) is 60.7 Å². The molecule has 0 fully saturated rings. The summed E-state index contributed by atoms with van der Waals surface area (Å²) in [6.07, 6.45) is 0.501. The van der Waals surface area contributed by atoms with Crippen molar-refractivity contribution in [1.82, 2.24) is 14.9 Å². The van der Waals surface area contributed by atoms with Gasteiger partial charge in [0.1, 0.15) is 11.5 Å². The van der Waals surface area contributed by atoms with Gasteiger partial charge in [-0.1, -0.05) is 48.5 Å². The molecule has 0 aliphatic rings. The number of nitrogens with zero attached hydrogens (tertiary/aromatic N) is 3. The van der Waals surface area contributed by atoms with Crippen molar-refractivity contribution in [3.8, 4) is 0 Å². The van der Waals surface area contributed by atoms with Crippen molar-refractivity contribution < 1.29 is 9.18 Å². The highest BCUT2D eigenvalue weighted by molar-refractivity contribution is 5.92. The summed E-state index contributed by atoms with van der Waals surface area (Å²) in [6, 6.07) is 18.1. The van der Waals surface area contributed by atoms with Crippen LogP contribution in [0.1, 0.15) is 27.3 Å². The lowest BCUT2D eigenvalue weighted by Gasteiger charge is -2.17. The molecule has 0 saturated heterocycles. The van der Waals surface area contributed by atoms with Crippen LogP contribution >= 0.6 is 0 Å². The summed E-state index contributed by atoms with van der Waals surface area (Å²) < 4.78 is 13.7. The van der Waals surface area contributed by atoms with E-state index in [1.165, 1.54) is 6.07 Å². The number of carbonyl (C=O) groups is 1. The second-order valence-electron chi connectivity index (χ2n) is 6.63. The summed E-state index contributed by atoms with van der Waals surface area (Å²) in [6.45, 7) is 2.79. The Morgan fingerprint density at radius 2 is 1.79 bits per heavy atom. The fourth-order valence-corrected chi connectivity index (χ4v) is 2.89. The van der Waals surface area contributed by atoms with Crippen LogP contribution in [-0.4, -0.2) is 34.4 Å². The summed E-state index contributed by atoms with van der Waals surface area (Å²) in [5.41, 5.74) is 2.70. The molecule has 0 spiro atoms. The zero-order valence-corrected chi connectivity index (χ0v) is 16.0. The van der Waals surface area contributed by atoms with Gasteiger partial charge < -0.3 is 10.2 Å². The van der Waals surface area contributed by atoms with E-state index in [2.05, 4.69) is 15.3 Å². The van der Waals surface area contributed by atoms with E-state index in [1.807, 2.05) is 37.3 Å². The van der Waals surface area contributed by atoms with E-state index in [9.17, 15) is 9.18 Å². The Morgan fingerprint density at radius 3 is 2.54 bits per heavy atom. The molecule has 0 atom stereocenters. The Kier molecular flexibility index (Phi) is 6.32. The Labute approximate surface area is 164 Å². The Balaban J connectivity index is 1.65. The summed E-state index contributed by atoms with van der Waals surface area (Å²) in [7, 11) is 1.75. The van der Waals surface area contributed by atoms with E-state index in [4.69, 9.17) is 0 Å². The molecule has 0 unspecified atom stereocenters. The molecule has 3 rings (SSSR count). The highest BCUT2D eigenvalue weighted by atomic mass is 19.1. The average Bonchev–Trinajstić information content (AvgIpc) is 2.69. The Hall–Kier alpha value is -3.28. The van der Waals surface area contributed by atoms with Crippen LogP contribution in [0.4, 0.5) is 10.3 Å². The van der Waals surface area contributed by atoms with E-state index >= 15 is 0 Å². The number of nitrogens with one attached hydrogen (secondary N) is 1. The summed E-state index contributed by atoms with van der Waals surface area (Å²) >= 11 is 0. The van der Waals surface area contributed by atoms with Crippen molar-refractivity contribution in [2.45, 2.75) is 19.9 Å². The molecular formula is C22H23FN4O. The molecule has 5 nitrogen and oxygen atoms in total. The number of anilines is 1. The van der Waals surface area contributed by atoms with Crippen molar-refractivity contribution in [2.75, 3.05) is 18.9 Å². The third kappa shape index (κ3) is 5.13. The average molecular weight is 378 g/mol. The lowest BCUT2D eigenvalue weighted by Crippen LogP contribution is -2.27. The van der Waals surface area contributed by atoms with Crippen LogP contribution < -0.4 is 5.32 Å². The van der Waals surface area contributed by atoms with Crippen molar-refractivity contribution >= 4 is 11.9 Å². The molecule has 144 valence electrons. The number of amides is 1. The predicted molar refractivity (Wildman–Crippen MR) is 108 cm³/mol. The summed E-state index contributed by atoms with van der Waals surface area (Å²) in [5, 5.41) is 3.09. The van der Waals surface area contributed by atoms with Crippen LogP contribution in [0.5, 0.6) is 0 Å². The van der Waals surface area contributed by atoms with Crippen LogP contribution in [-0.2, 0) is 13.0 Å². The second kappa shape index (κ2) is 9.08. The normalized spacial score (nSPS) is 10.5. The molecule has 0 radical (unpaired) electrons. The molecule has 2 aromatic carbocycles. The third-order valence-corrected chi connectivity index (χ3v) is 4.32. The number of aryl methyl sites for hydroxylation is 1. The lowest BCUT2D eigenvalue weighted by molar-refractivity contribution is 0.0779. The largest absolute Gasteiger partial charge is 0.354 e.